The third kappa shape index (κ3) is 7.62. The van der Waals surface area contributed by atoms with Gasteiger partial charge in [-0.1, -0.05) is 30.3 Å². The summed E-state index contributed by atoms with van der Waals surface area (Å²) in [5.41, 5.74) is 0.920. The zero-order valence-corrected chi connectivity index (χ0v) is 14.8. The molecule has 1 aliphatic rings. The first kappa shape index (κ1) is 19.9. The van der Waals surface area contributed by atoms with Crippen LogP contribution in [0.4, 0.5) is 0 Å². The zero-order valence-electron chi connectivity index (χ0n) is 14.8. The fourth-order valence-corrected chi connectivity index (χ4v) is 2.46. The molecule has 1 aromatic rings. The molecule has 1 aliphatic heterocycles. The van der Waals surface area contributed by atoms with Crippen LogP contribution in [-0.4, -0.2) is 56.5 Å². The highest BCUT2D eigenvalue weighted by Crippen LogP contribution is 2.01. The lowest BCUT2D eigenvalue weighted by molar-refractivity contribution is -0.144. The molecule has 2 amide bonds. The standard InChI is InChI=1S/C18H26N4O4/c23-16(6-8-22-18(25)15-12-19-10-11-20-15)21-9-7-17(24)26-13-14-4-2-1-3-5-14/h1-5,15,19-20H,6-13H2,(H,21,23)(H,22,25). The van der Waals surface area contributed by atoms with Crippen LogP contribution in [0.3, 0.4) is 0 Å². The number of carbonyl (C=O) groups is 3. The molecule has 2 rings (SSSR count). The molecule has 0 spiro atoms. The normalized spacial score (nSPS) is 16.5. The van der Waals surface area contributed by atoms with Crippen molar-refractivity contribution in [1.29, 1.82) is 0 Å². The van der Waals surface area contributed by atoms with Crippen molar-refractivity contribution in [2.24, 2.45) is 0 Å². The Morgan fingerprint density at radius 2 is 1.81 bits per heavy atom. The van der Waals surface area contributed by atoms with E-state index in [2.05, 4.69) is 21.3 Å². The van der Waals surface area contributed by atoms with Crippen LogP contribution < -0.4 is 21.3 Å². The van der Waals surface area contributed by atoms with E-state index in [0.29, 0.717) is 6.54 Å². The van der Waals surface area contributed by atoms with Crippen molar-refractivity contribution in [3.8, 4) is 0 Å². The fraction of sp³-hybridized carbons (Fsp3) is 0.500. The van der Waals surface area contributed by atoms with Crippen LogP contribution in [0.15, 0.2) is 30.3 Å². The minimum Gasteiger partial charge on any atom is -0.461 e. The molecular weight excluding hydrogens is 336 g/mol. The molecule has 0 aromatic heterocycles. The number of carbonyl (C=O) groups excluding carboxylic acids is 3. The van der Waals surface area contributed by atoms with Gasteiger partial charge in [-0.25, -0.2) is 0 Å². The van der Waals surface area contributed by atoms with Crippen LogP contribution in [0.2, 0.25) is 0 Å². The molecule has 0 radical (unpaired) electrons. The van der Waals surface area contributed by atoms with Gasteiger partial charge in [0.1, 0.15) is 6.61 Å². The highest BCUT2D eigenvalue weighted by molar-refractivity contribution is 5.83. The highest BCUT2D eigenvalue weighted by Gasteiger charge is 2.19. The molecule has 0 aliphatic carbocycles. The number of rotatable bonds is 9. The second kappa shape index (κ2) is 11.2. The SMILES string of the molecule is O=C(CCNC(=O)C1CNCCN1)NCCC(=O)OCc1ccccc1. The first-order valence-electron chi connectivity index (χ1n) is 8.83. The van der Waals surface area contributed by atoms with Crippen molar-refractivity contribution < 1.29 is 19.1 Å². The summed E-state index contributed by atoms with van der Waals surface area (Å²) in [7, 11) is 0. The lowest BCUT2D eigenvalue weighted by Gasteiger charge is -2.23. The second-order valence-corrected chi connectivity index (χ2v) is 6.00. The Bertz CT molecular complexity index is 588. The third-order valence-corrected chi connectivity index (χ3v) is 3.90. The van der Waals surface area contributed by atoms with Crippen molar-refractivity contribution in [3.05, 3.63) is 35.9 Å². The minimum absolute atomic E-state index is 0.114. The molecular formula is C18H26N4O4. The topological polar surface area (TPSA) is 109 Å². The Morgan fingerprint density at radius 1 is 1.04 bits per heavy atom. The van der Waals surface area contributed by atoms with Gasteiger partial charge in [0.25, 0.3) is 0 Å². The number of esters is 1. The summed E-state index contributed by atoms with van der Waals surface area (Å²) >= 11 is 0. The summed E-state index contributed by atoms with van der Waals surface area (Å²) in [6.07, 6.45) is 0.285. The first-order chi connectivity index (χ1) is 12.6. The van der Waals surface area contributed by atoms with Gasteiger partial charge in [0, 0.05) is 39.1 Å². The summed E-state index contributed by atoms with van der Waals surface area (Å²) in [6.45, 7) is 2.89. The lowest BCUT2D eigenvalue weighted by atomic mass is 10.2. The number of nitrogens with one attached hydrogen (secondary N) is 4. The summed E-state index contributed by atoms with van der Waals surface area (Å²) in [5.74, 6) is -0.691. The van der Waals surface area contributed by atoms with Crippen LogP contribution in [0.5, 0.6) is 0 Å². The van der Waals surface area contributed by atoms with E-state index in [9.17, 15) is 14.4 Å². The average Bonchev–Trinajstić information content (AvgIpc) is 2.68. The fourth-order valence-electron chi connectivity index (χ4n) is 2.46. The number of ether oxygens (including phenoxy) is 1. The van der Waals surface area contributed by atoms with Gasteiger partial charge in [-0.3, -0.25) is 14.4 Å². The van der Waals surface area contributed by atoms with Crippen molar-refractivity contribution >= 4 is 17.8 Å². The monoisotopic (exact) mass is 362 g/mol. The summed E-state index contributed by atoms with van der Waals surface area (Å²) in [6, 6.07) is 9.15. The molecule has 26 heavy (non-hydrogen) atoms. The van der Waals surface area contributed by atoms with E-state index in [1.165, 1.54) is 0 Å². The maximum atomic E-state index is 11.9. The van der Waals surface area contributed by atoms with E-state index in [1.54, 1.807) is 0 Å². The molecule has 1 fully saturated rings. The molecule has 1 unspecified atom stereocenters. The largest absolute Gasteiger partial charge is 0.461 e. The second-order valence-electron chi connectivity index (χ2n) is 6.00. The number of benzene rings is 1. The number of hydrogen-bond acceptors (Lipinski definition) is 6. The number of piperazine rings is 1. The molecule has 8 nitrogen and oxygen atoms in total. The lowest BCUT2D eigenvalue weighted by Crippen LogP contribution is -2.55. The summed E-state index contributed by atoms with van der Waals surface area (Å²) in [4.78, 5) is 35.2. The van der Waals surface area contributed by atoms with Gasteiger partial charge in [-0.05, 0) is 5.56 Å². The van der Waals surface area contributed by atoms with E-state index in [4.69, 9.17) is 4.74 Å². The number of hydrogen-bond donors (Lipinski definition) is 4. The Balaban J connectivity index is 1.50. The predicted molar refractivity (Wildman–Crippen MR) is 96.2 cm³/mol. The molecule has 1 saturated heterocycles. The smallest absolute Gasteiger partial charge is 0.307 e. The van der Waals surface area contributed by atoms with E-state index < -0.39 is 0 Å². The molecule has 0 saturated carbocycles. The average molecular weight is 362 g/mol. The Hall–Kier alpha value is -2.45. The quantitative estimate of drug-likeness (QED) is 0.433. The van der Waals surface area contributed by atoms with E-state index in [1.807, 2.05) is 30.3 Å². The first-order valence-corrected chi connectivity index (χ1v) is 8.83. The van der Waals surface area contributed by atoms with Gasteiger partial charge in [-0.15, -0.1) is 0 Å². The summed E-state index contributed by atoms with van der Waals surface area (Å²) in [5, 5.41) is 11.6. The van der Waals surface area contributed by atoms with Crippen molar-refractivity contribution in [2.75, 3.05) is 32.7 Å². The molecule has 1 heterocycles. The maximum absolute atomic E-state index is 11.9. The number of amides is 2. The zero-order chi connectivity index (χ0) is 18.6. The Kier molecular flexibility index (Phi) is 8.57. The highest BCUT2D eigenvalue weighted by atomic mass is 16.5. The third-order valence-electron chi connectivity index (χ3n) is 3.90. The molecule has 8 heteroatoms. The van der Waals surface area contributed by atoms with Gasteiger partial charge in [0.2, 0.25) is 11.8 Å². The maximum Gasteiger partial charge on any atom is 0.307 e. The van der Waals surface area contributed by atoms with Gasteiger partial charge < -0.3 is 26.0 Å². The Labute approximate surface area is 153 Å². The molecule has 4 N–H and O–H groups in total. The Morgan fingerprint density at radius 3 is 2.54 bits per heavy atom. The van der Waals surface area contributed by atoms with Crippen molar-refractivity contribution in [2.45, 2.75) is 25.5 Å². The van der Waals surface area contributed by atoms with Crippen LogP contribution in [0.25, 0.3) is 0 Å². The van der Waals surface area contributed by atoms with Gasteiger partial charge >= 0.3 is 5.97 Å². The van der Waals surface area contributed by atoms with Crippen LogP contribution in [0, 0.1) is 0 Å². The van der Waals surface area contributed by atoms with Gasteiger partial charge in [0.15, 0.2) is 0 Å². The van der Waals surface area contributed by atoms with E-state index in [0.717, 1.165) is 18.7 Å². The minimum atomic E-state index is -0.363. The van der Waals surface area contributed by atoms with Crippen LogP contribution >= 0.6 is 0 Å². The van der Waals surface area contributed by atoms with Crippen molar-refractivity contribution in [3.63, 3.8) is 0 Å². The predicted octanol–water partition coefficient (Wildman–Crippen LogP) is -0.696. The van der Waals surface area contributed by atoms with E-state index in [-0.39, 0.29) is 56.4 Å². The van der Waals surface area contributed by atoms with Crippen LogP contribution in [0.1, 0.15) is 18.4 Å². The van der Waals surface area contributed by atoms with Crippen molar-refractivity contribution in [1.82, 2.24) is 21.3 Å². The van der Waals surface area contributed by atoms with Gasteiger partial charge in [0.05, 0.1) is 12.5 Å². The molecule has 0 bridgehead atoms. The molecule has 1 atom stereocenters. The van der Waals surface area contributed by atoms with Gasteiger partial charge in [-0.2, -0.15) is 0 Å². The van der Waals surface area contributed by atoms with Crippen LogP contribution in [-0.2, 0) is 25.7 Å². The molecule has 1 aromatic carbocycles. The summed E-state index contributed by atoms with van der Waals surface area (Å²) < 4.78 is 5.13. The van der Waals surface area contributed by atoms with E-state index >= 15 is 0 Å². The molecule has 142 valence electrons.